The van der Waals surface area contributed by atoms with E-state index >= 15 is 0 Å². The van der Waals surface area contributed by atoms with E-state index < -0.39 is 0 Å². The second kappa shape index (κ2) is 5.05. The molecule has 5 heteroatoms. The van der Waals surface area contributed by atoms with E-state index in [-0.39, 0.29) is 17.6 Å². The SMILES string of the molecule is CC(C)c1nc(C2Cc3ccccc3O2)[nH]c(=O)c1Br. The van der Waals surface area contributed by atoms with Crippen LogP contribution in [0.2, 0.25) is 0 Å². The molecule has 0 bridgehead atoms. The third-order valence-corrected chi connectivity index (χ3v) is 4.17. The lowest BCUT2D eigenvalue weighted by Crippen LogP contribution is -2.20. The highest BCUT2D eigenvalue weighted by Crippen LogP contribution is 2.35. The minimum absolute atomic E-state index is 0.154. The molecule has 0 saturated carbocycles. The second-order valence-corrected chi connectivity index (χ2v) is 6.02. The zero-order valence-corrected chi connectivity index (χ0v) is 12.9. The van der Waals surface area contributed by atoms with E-state index in [2.05, 4.69) is 25.9 Å². The number of ether oxygens (including phenoxy) is 1. The van der Waals surface area contributed by atoms with Crippen LogP contribution in [-0.2, 0) is 6.42 Å². The van der Waals surface area contributed by atoms with Crippen molar-refractivity contribution in [2.45, 2.75) is 32.3 Å². The number of nitrogens with zero attached hydrogens (tertiary/aromatic N) is 1. The van der Waals surface area contributed by atoms with Crippen LogP contribution >= 0.6 is 15.9 Å². The molecule has 0 aliphatic carbocycles. The van der Waals surface area contributed by atoms with E-state index in [1.54, 1.807) is 0 Å². The summed E-state index contributed by atoms with van der Waals surface area (Å²) in [5.41, 5.74) is 1.76. The van der Waals surface area contributed by atoms with Crippen molar-refractivity contribution in [1.82, 2.24) is 9.97 Å². The van der Waals surface area contributed by atoms with E-state index in [0.29, 0.717) is 10.3 Å². The van der Waals surface area contributed by atoms with E-state index in [1.165, 1.54) is 0 Å². The fourth-order valence-corrected chi connectivity index (χ4v) is 3.01. The Morgan fingerprint density at radius 1 is 1.40 bits per heavy atom. The maximum atomic E-state index is 12.0. The molecule has 1 N–H and O–H groups in total. The van der Waals surface area contributed by atoms with Crippen molar-refractivity contribution in [2.24, 2.45) is 0 Å². The van der Waals surface area contributed by atoms with Gasteiger partial charge in [-0.3, -0.25) is 4.79 Å². The quantitative estimate of drug-likeness (QED) is 0.916. The van der Waals surface area contributed by atoms with Crippen molar-refractivity contribution < 1.29 is 4.74 Å². The maximum absolute atomic E-state index is 12.0. The molecule has 0 spiro atoms. The first-order valence-electron chi connectivity index (χ1n) is 6.60. The van der Waals surface area contributed by atoms with E-state index in [4.69, 9.17) is 4.74 Å². The summed E-state index contributed by atoms with van der Waals surface area (Å²) in [6.45, 7) is 4.03. The summed E-state index contributed by atoms with van der Waals surface area (Å²) in [6.07, 6.45) is 0.517. The summed E-state index contributed by atoms with van der Waals surface area (Å²) in [7, 11) is 0. The molecule has 1 aliphatic rings. The second-order valence-electron chi connectivity index (χ2n) is 5.22. The molecule has 0 amide bonds. The zero-order valence-electron chi connectivity index (χ0n) is 11.3. The van der Waals surface area contributed by atoms with Crippen LogP contribution in [-0.4, -0.2) is 9.97 Å². The number of benzene rings is 1. The van der Waals surface area contributed by atoms with Crippen molar-refractivity contribution in [3.8, 4) is 5.75 Å². The first-order valence-corrected chi connectivity index (χ1v) is 7.39. The molecule has 1 aromatic carbocycles. The number of nitrogens with one attached hydrogen (secondary N) is 1. The van der Waals surface area contributed by atoms with Crippen LogP contribution < -0.4 is 10.3 Å². The fraction of sp³-hybridized carbons (Fsp3) is 0.333. The van der Waals surface area contributed by atoms with Crippen molar-refractivity contribution in [3.05, 3.63) is 56.2 Å². The summed E-state index contributed by atoms with van der Waals surface area (Å²) < 4.78 is 6.38. The van der Waals surface area contributed by atoms with Crippen molar-refractivity contribution in [2.75, 3.05) is 0 Å². The molecule has 2 heterocycles. The van der Waals surface area contributed by atoms with Crippen LogP contribution in [0.4, 0.5) is 0 Å². The van der Waals surface area contributed by atoms with Gasteiger partial charge in [0, 0.05) is 6.42 Å². The average molecular weight is 335 g/mol. The van der Waals surface area contributed by atoms with Gasteiger partial charge >= 0.3 is 0 Å². The van der Waals surface area contributed by atoms with Crippen LogP contribution in [0.1, 0.15) is 43.0 Å². The molecular weight excluding hydrogens is 320 g/mol. The van der Waals surface area contributed by atoms with Gasteiger partial charge in [-0.2, -0.15) is 0 Å². The van der Waals surface area contributed by atoms with Gasteiger partial charge in [-0.05, 0) is 33.5 Å². The molecule has 1 aliphatic heterocycles. The summed E-state index contributed by atoms with van der Waals surface area (Å²) in [5.74, 6) is 1.64. The van der Waals surface area contributed by atoms with Gasteiger partial charge in [0.05, 0.1) is 5.69 Å². The van der Waals surface area contributed by atoms with Crippen LogP contribution in [0, 0.1) is 0 Å². The number of hydrogen-bond donors (Lipinski definition) is 1. The number of rotatable bonds is 2. The Morgan fingerprint density at radius 2 is 2.15 bits per heavy atom. The van der Waals surface area contributed by atoms with Gasteiger partial charge in [0.15, 0.2) is 11.9 Å². The number of aromatic nitrogens is 2. The summed E-state index contributed by atoms with van der Waals surface area (Å²) in [6, 6.07) is 7.91. The lowest BCUT2D eigenvalue weighted by Gasteiger charge is -2.13. The summed E-state index contributed by atoms with van der Waals surface area (Å²) in [5, 5.41) is 0. The Morgan fingerprint density at radius 3 is 2.85 bits per heavy atom. The minimum atomic E-state index is -0.217. The Labute approximate surface area is 125 Å². The molecule has 20 heavy (non-hydrogen) atoms. The molecule has 0 radical (unpaired) electrons. The highest BCUT2D eigenvalue weighted by Gasteiger charge is 2.27. The fourth-order valence-electron chi connectivity index (χ4n) is 2.36. The van der Waals surface area contributed by atoms with Crippen LogP contribution in [0.5, 0.6) is 5.75 Å². The number of hydrogen-bond acceptors (Lipinski definition) is 3. The number of H-pyrrole nitrogens is 1. The van der Waals surface area contributed by atoms with E-state index in [1.807, 2.05) is 38.1 Å². The molecule has 0 saturated heterocycles. The molecule has 3 rings (SSSR count). The predicted octanol–water partition coefficient (Wildman–Crippen LogP) is 3.33. The predicted molar refractivity (Wildman–Crippen MR) is 80.2 cm³/mol. The number of para-hydroxylation sites is 1. The third kappa shape index (κ3) is 2.26. The summed E-state index contributed by atoms with van der Waals surface area (Å²) in [4.78, 5) is 19.4. The van der Waals surface area contributed by atoms with E-state index in [0.717, 1.165) is 23.4 Å². The van der Waals surface area contributed by atoms with Crippen molar-refractivity contribution in [3.63, 3.8) is 0 Å². The lowest BCUT2D eigenvalue weighted by molar-refractivity contribution is 0.226. The molecular formula is C15H15BrN2O2. The molecule has 104 valence electrons. The highest BCUT2D eigenvalue weighted by atomic mass is 79.9. The first kappa shape index (κ1) is 13.4. The number of halogens is 1. The topological polar surface area (TPSA) is 55.0 Å². The summed E-state index contributed by atoms with van der Waals surface area (Å²) >= 11 is 3.30. The standard InChI is InChI=1S/C15H15BrN2O2/c1-8(2)13-12(16)15(19)18-14(17-13)11-7-9-5-3-4-6-10(9)20-11/h3-6,8,11H,7H2,1-2H3,(H,17,18,19). The Balaban J connectivity index is 1.99. The molecule has 0 fully saturated rings. The monoisotopic (exact) mass is 334 g/mol. The number of fused-ring (bicyclic) bond motifs is 1. The van der Waals surface area contributed by atoms with Crippen molar-refractivity contribution in [1.29, 1.82) is 0 Å². The van der Waals surface area contributed by atoms with Gasteiger partial charge in [-0.25, -0.2) is 4.98 Å². The van der Waals surface area contributed by atoms with Gasteiger partial charge in [0.1, 0.15) is 10.2 Å². The van der Waals surface area contributed by atoms with Gasteiger partial charge in [-0.15, -0.1) is 0 Å². The minimum Gasteiger partial charge on any atom is -0.482 e. The van der Waals surface area contributed by atoms with Gasteiger partial charge < -0.3 is 9.72 Å². The Hall–Kier alpha value is -1.62. The smallest absolute Gasteiger partial charge is 0.265 e. The van der Waals surface area contributed by atoms with Gasteiger partial charge in [0.2, 0.25) is 0 Å². The Kier molecular flexibility index (Phi) is 3.38. The van der Waals surface area contributed by atoms with Crippen LogP contribution in [0.15, 0.2) is 33.5 Å². The van der Waals surface area contributed by atoms with Crippen LogP contribution in [0.3, 0.4) is 0 Å². The first-order chi connectivity index (χ1) is 9.56. The highest BCUT2D eigenvalue weighted by molar-refractivity contribution is 9.10. The Bertz CT molecular complexity index is 684. The molecule has 1 atom stereocenters. The lowest BCUT2D eigenvalue weighted by atomic mass is 10.1. The van der Waals surface area contributed by atoms with Gasteiger partial charge in [-0.1, -0.05) is 32.0 Å². The largest absolute Gasteiger partial charge is 0.482 e. The molecule has 1 unspecified atom stereocenters. The van der Waals surface area contributed by atoms with E-state index in [9.17, 15) is 4.79 Å². The zero-order chi connectivity index (χ0) is 14.3. The molecule has 1 aromatic heterocycles. The van der Waals surface area contributed by atoms with Crippen molar-refractivity contribution >= 4 is 15.9 Å². The number of aromatic amines is 1. The molecule has 4 nitrogen and oxygen atoms in total. The third-order valence-electron chi connectivity index (χ3n) is 3.41. The normalized spacial score (nSPS) is 17.1. The van der Waals surface area contributed by atoms with Crippen LogP contribution in [0.25, 0.3) is 0 Å². The maximum Gasteiger partial charge on any atom is 0.265 e. The molecule has 2 aromatic rings. The van der Waals surface area contributed by atoms with Gasteiger partial charge in [0.25, 0.3) is 5.56 Å². The average Bonchev–Trinajstić information content (AvgIpc) is 2.85.